The second-order valence-electron chi connectivity index (χ2n) is 5.70. The Hall–Kier alpha value is -2.00. The van der Waals surface area contributed by atoms with E-state index in [1.807, 2.05) is 0 Å². The van der Waals surface area contributed by atoms with Crippen LogP contribution in [0.2, 0.25) is 0 Å². The first-order chi connectivity index (χ1) is 11.4. The lowest BCUT2D eigenvalue weighted by molar-refractivity contribution is 0.297. The molecule has 0 spiro atoms. The van der Waals surface area contributed by atoms with Gasteiger partial charge in [0.25, 0.3) is 0 Å². The molecule has 0 bridgehead atoms. The van der Waals surface area contributed by atoms with E-state index in [1.165, 1.54) is 0 Å². The Kier molecular flexibility index (Phi) is 6.27. The van der Waals surface area contributed by atoms with Crippen molar-refractivity contribution >= 4 is 21.7 Å². The van der Waals surface area contributed by atoms with E-state index < -0.39 is 10.0 Å². The molecule has 1 aliphatic rings. The minimum absolute atomic E-state index is 0.0748. The van der Waals surface area contributed by atoms with Crippen molar-refractivity contribution in [1.29, 1.82) is 0 Å². The summed E-state index contributed by atoms with van der Waals surface area (Å²) >= 11 is 0. The molecular weight excluding hydrogens is 332 g/mol. The van der Waals surface area contributed by atoms with Gasteiger partial charge in [-0.25, -0.2) is 13.1 Å². The van der Waals surface area contributed by atoms with E-state index in [0.29, 0.717) is 30.4 Å². The highest BCUT2D eigenvalue weighted by Crippen LogP contribution is 2.32. The van der Waals surface area contributed by atoms with Gasteiger partial charge in [-0.15, -0.1) is 0 Å². The fourth-order valence-corrected chi connectivity index (χ4v) is 3.30. The van der Waals surface area contributed by atoms with Gasteiger partial charge in [0.15, 0.2) is 17.5 Å². The molecular formula is C15H24N4O4S. The third-order valence-electron chi connectivity index (χ3n) is 3.08. The van der Waals surface area contributed by atoms with Crippen molar-refractivity contribution in [1.82, 2.24) is 4.72 Å². The summed E-state index contributed by atoms with van der Waals surface area (Å²) in [6.45, 7) is 4.83. The number of fused-ring (bicyclic) bond motifs is 1. The summed E-state index contributed by atoms with van der Waals surface area (Å²) in [5.74, 6) is 1.37. The van der Waals surface area contributed by atoms with Gasteiger partial charge < -0.3 is 20.5 Å². The minimum atomic E-state index is -3.34. The number of nitrogens with zero attached hydrogens (tertiary/aromatic N) is 1. The van der Waals surface area contributed by atoms with Crippen LogP contribution in [0.4, 0.5) is 5.69 Å². The number of hydrogen-bond donors (Lipinski definition) is 3. The molecule has 0 aliphatic carbocycles. The SMILES string of the molecule is CC(C)NS(=O)(=O)CCN=C(N)Nc1ccc2c(c1)OCCCO2. The van der Waals surface area contributed by atoms with Gasteiger partial charge in [0, 0.05) is 24.2 Å². The Morgan fingerprint density at radius 2 is 2.00 bits per heavy atom. The zero-order valence-electron chi connectivity index (χ0n) is 13.9. The van der Waals surface area contributed by atoms with Crippen molar-refractivity contribution in [3.63, 3.8) is 0 Å². The monoisotopic (exact) mass is 356 g/mol. The highest BCUT2D eigenvalue weighted by molar-refractivity contribution is 7.89. The lowest BCUT2D eigenvalue weighted by Crippen LogP contribution is -2.33. The molecule has 0 radical (unpaired) electrons. The summed E-state index contributed by atoms with van der Waals surface area (Å²) < 4.78 is 37.1. The summed E-state index contributed by atoms with van der Waals surface area (Å²) in [7, 11) is -3.34. The summed E-state index contributed by atoms with van der Waals surface area (Å²) in [5.41, 5.74) is 6.49. The molecule has 0 fully saturated rings. The van der Waals surface area contributed by atoms with E-state index in [0.717, 1.165) is 6.42 Å². The molecule has 0 saturated carbocycles. The zero-order valence-corrected chi connectivity index (χ0v) is 14.7. The largest absolute Gasteiger partial charge is 0.490 e. The smallest absolute Gasteiger partial charge is 0.213 e. The van der Waals surface area contributed by atoms with Gasteiger partial charge in [-0.3, -0.25) is 4.99 Å². The predicted molar refractivity (Wildman–Crippen MR) is 94.2 cm³/mol. The number of nitrogens with two attached hydrogens (primary N) is 1. The first-order valence-corrected chi connectivity index (χ1v) is 9.47. The molecule has 1 heterocycles. The number of benzene rings is 1. The van der Waals surface area contributed by atoms with Crippen molar-refractivity contribution in [3.8, 4) is 11.5 Å². The van der Waals surface area contributed by atoms with Crippen LogP contribution in [0.5, 0.6) is 11.5 Å². The normalized spacial score (nSPS) is 15.2. The van der Waals surface area contributed by atoms with E-state index in [9.17, 15) is 8.42 Å². The standard InChI is InChI=1S/C15H24N4O4S/c1-11(2)19-24(20,21)9-6-17-15(16)18-12-4-5-13-14(10-12)23-8-3-7-22-13/h4-5,10-11,19H,3,6-9H2,1-2H3,(H3,16,17,18). The number of hydrogen-bond acceptors (Lipinski definition) is 5. The summed E-state index contributed by atoms with van der Waals surface area (Å²) in [6, 6.07) is 5.23. The second kappa shape index (κ2) is 8.20. The molecule has 1 aliphatic heterocycles. The quantitative estimate of drug-likeness (QED) is 0.515. The van der Waals surface area contributed by atoms with Gasteiger partial charge >= 0.3 is 0 Å². The van der Waals surface area contributed by atoms with E-state index in [1.54, 1.807) is 32.0 Å². The molecule has 2 rings (SSSR count). The molecule has 0 atom stereocenters. The van der Waals surface area contributed by atoms with Crippen molar-refractivity contribution in [2.24, 2.45) is 10.7 Å². The van der Waals surface area contributed by atoms with Gasteiger partial charge in [-0.1, -0.05) is 0 Å². The number of ether oxygens (including phenoxy) is 2. The molecule has 9 heteroatoms. The van der Waals surface area contributed by atoms with Crippen LogP contribution in [0, 0.1) is 0 Å². The maximum absolute atomic E-state index is 11.7. The van der Waals surface area contributed by atoms with Gasteiger partial charge in [-0.05, 0) is 26.0 Å². The zero-order chi connectivity index (χ0) is 17.6. The van der Waals surface area contributed by atoms with E-state index >= 15 is 0 Å². The van der Waals surface area contributed by atoms with Gasteiger partial charge in [-0.2, -0.15) is 0 Å². The molecule has 8 nitrogen and oxygen atoms in total. The highest BCUT2D eigenvalue weighted by atomic mass is 32.2. The molecule has 4 N–H and O–H groups in total. The molecule has 0 amide bonds. The number of aliphatic imine (C=N–C) groups is 1. The van der Waals surface area contributed by atoms with Crippen LogP contribution in [-0.4, -0.2) is 45.9 Å². The van der Waals surface area contributed by atoms with Crippen molar-refractivity contribution in [3.05, 3.63) is 18.2 Å². The molecule has 1 aromatic carbocycles. The summed E-state index contributed by atoms with van der Waals surface area (Å²) in [5, 5.41) is 2.92. The van der Waals surface area contributed by atoms with Crippen molar-refractivity contribution < 1.29 is 17.9 Å². The molecule has 0 unspecified atom stereocenters. The third kappa shape index (κ3) is 5.89. The molecule has 0 aromatic heterocycles. The fourth-order valence-electron chi connectivity index (χ4n) is 2.13. The topological polar surface area (TPSA) is 115 Å². The number of anilines is 1. The Bertz CT molecular complexity index is 689. The number of guanidine groups is 1. The van der Waals surface area contributed by atoms with Crippen LogP contribution in [0.25, 0.3) is 0 Å². The Balaban J connectivity index is 1.92. The third-order valence-corrected chi connectivity index (χ3v) is 4.63. The predicted octanol–water partition coefficient (Wildman–Crippen LogP) is 0.902. The number of nitrogens with one attached hydrogen (secondary N) is 2. The molecule has 134 valence electrons. The molecule has 24 heavy (non-hydrogen) atoms. The second-order valence-corrected chi connectivity index (χ2v) is 7.57. The van der Waals surface area contributed by atoms with Gasteiger partial charge in [0.1, 0.15) is 0 Å². The Labute approximate surface area is 142 Å². The average molecular weight is 356 g/mol. The average Bonchev–Trinajstić information content (AvgIpc) is 2.70. The first kappa shape index (κ1) is 18.3. The highest BCUT2D eigenvalue weighted by Gasteiger charge is 2.12. The van der Waals surface area contributed by atoms with Crippen molar-refractivity contribution in [2.75, 3.05) is 30.8 Å². The number of rotatable bonds is 6. The van der Waals surface area contributed by atoms with Crippen LogP contribution in [0.3, 0.4) is 0 Å². The van der Waals surface area contributed by atoms with E-state index in [2.05, 4.69) is 15.0 Å². The van der Waals surface area contributed by atoms with Crippen LogP contribution >= 0.6 is 0 Å². The van der Waals surface area contributed by atoms with Gasteiger partial charge in [0.2, 0.25) is 10.0 Å². The molecule has 1 aromatic rings. The van der Waals surface area contributed by atoms with Crippen LogP contribution in [0.15, 0.2) is 23.2 Å². The Morgan fingerprint density at radius 1 is 1.29 bits per heavy atom. The lowest BCUT2D eigenvalue weighted by Gasteiger charge is -2.11. The van der Waals surface area contributed by atoms with Crippen molar-refractivity contribution in [2.45, 2.75) is 26.3 Å². The maximum atomic E-state index is 11.7. The number of sulfonamides is 1. The minimum Gasteiger partial charge on any atom is -0.490 e. The lowest BCUT2D eigenvalue weighted by atomic mass is 10.3. The summed E-state index contributed by atoms with van der Waals surface area (Å²) in [4.78, 5) is 4.03. The van der Waals surface area contributed by atoms with E-state index in [-0.39, 0.29) is 24.3 Å². The Morgan fingerprint density at radius 3 is 2.71 bits per heavy atom. The van der Waals surface area contributed by atoms with E-state index in [4.69, 9.17) is 15.2 Å². The molecule has 0 saturated heterocycles. The fraction of sp³-hybridized carbons (Fsp3) is 0.533. The summed E-state index contributed by atoms with van der Waals surface area (Å²) in [6.07, 6.45) is 0.833. The maximum Gasteiger partial charge on any atom is 0.213 e. The van der Waals surface area contributed by atoms with Crippen LogP contribution in [-0.2, 0) is 10.0 Å². The van der Waals surface area contributed by atoms with Gasteiger partial charge in [0.05, 0.1) is 25.5 Å². The van der Waals surface area contributed by atoms with Crippen LogP contribution < -0.4 is 25.2 Å². The van der Waals surface area contributed by atoms with Crippen LogP contribution in [0.1, 0.15) is 20.3 Å². The first-order valence-electron chi connectivity index (χ1n) is 7.82.